The summed E-state index contributed by atoms with van der Waals surface area (Å²) >= 11 is 0. The van der Waals surface area contributed by atoms with Gasteiger partial charge in [0.05, 0.1) is 18.1 Å². The molecule has 1 saturated heterocycles. The number of anilines is 1. The van der Waals surface area contributed by atoms with Gasteiger partial charge in [0.1, 0.15) is 0 Å². The fourth-order valence-corrected chi connectivity index (χ4v) is 3.29. The molecule has 0 aromatic heterocycles. The van der Waals surface area contributed by atoms with Gasteiger partial charge in [0.15, 0.2) is 0 Å². The molecule has 1 fully saturated rings. The Morgan fingerprint density at radius 2 is 2.17 bits per heavy atom. The van der Waals surface area contributed by atoms with Crippen LogP contribution < -0.4 is 5.32 Å². The summed E-state index contributed by atoms with van der Waals surface area (Å²) in [5.41, 5.74) is 3.94. The lowest BCUT2D eigenvalue weighted by molar-refractivity contribution is 0.0696. The highest BCUT2D eigenvalue weighted by Gasteiger charge is 2.27. The molecule has 5 heteroatoms. The van der Waals surface area contributed by atoms with Crippen LogP contribution in [0.3, 0.4) is 0 Å². The largest absolute Gasteiger partial charge is 0.478 e. The zero-order valence-corrected chi connectivity index (χ0v) is 14.6. The maximum atomic E-state index is 11.4. The van der Waals surface area contributed by atoms with Crippen molar-refractivity contribution in [3.63, 3.8) is 0 Å². The first-order valence-electron chi connectivity index (χ1n) is 8.24. The Kier molecular flexibility index (Phi) is 5.50. The second-order valence-corrected chi connectivity index (χ2v) is 6.65. The Morgan fingerprint density at radius 1 is 1.46 bits per heavy atom. The van der Waals surface area contributed by atoms with Crippen LogP contribution in [0.1, 0.15) is 41.3 Å². The monoisotopic (exact) mass is 327 g/mol. The average Bonchev–Trinajstić information content (AvgIpc) is 2.51. The first-order chi connectivity index (χ1) is 11.3. The lowest BCUT2D eigenvalue weighted by Crippen LogP contribution is -2.44. The molecule has 2 atom stereocenters. The van der Waals surface area contributed by atoms with Gasteiger partial charge in [-0.3, -0.25) is 0 Å². The number of carboxylic acid groups (broad SMARTS) is 1. The van der Waals surface area contributed by atoms with Crippen molar-refractivity contribution in [1.29, 1.82) is 5.26 Å². The summed E-state index contributed by atoms with van der Waals surface area (Å²) in [6.07, 6.45) is 1.30. The fraction of sp³-hybridized carbons (Fsp3) is 0.474. The topological polar surface area (TPSA) is 76.4 Å². The van der Waals surface area contributed by atoms with Crippen LogP contribution >= 0.6 is 0 Å². The van der Waals surface area contributed by atoms with Crippen LogP contribution in [0.25, 0.3) is 0 Å². The van der Waals surface area contributed by atoms with Gasteiger partial charge in [0, 0.05) is 30.5 Å². The predicted octanol–water partition coefficient (Wildman–Crippen LogP) is 3.55. The number of allylic oxidation sites excluding steroid dienone is 1. The van der Waals surface area contributed by atoms with Crippen LogP contribution in [0.15, 0.2) is 24.4 Å². The Balaban J connectivity index is 2.10. The number of aryl methyl sites for hydroxylation is 2. The summed E-state index contributed by atoms with van der Waals surface area (Å²) in [6.45, 7) is 11.7. The van der Waals surface area contributed by atoms with Crippen molar-refractivity contribution in [3.8, 4) is 6.07 Å². The fourth-order valence-electron chi connectivity index (χ4n) is 3.29. The van der Waals surface area contributed by atoms with Gasteiger partial charge in [-0.25, -0.2) is 4.79 Å². The lowest BCUT2D eigenvalue weighted by atomic mass is 9.92. The summed E-state index contributed by atoms with van der Waals surface area (Å²) in [5, 5.41) is 21.6. The van der Waals surface area contributed by atoms with Gasteiger partial charge >= 0.3 is 5.97 Å². The van der Waals surface area contributed by atoms with Crippen LogP contribution in [0.2, 0.25) is 0 Å². The SMILES string of the molecule is C=C(CC#N)N1CCC(Nc2cc(C(=O)O)c(C)cc2C)C(C)C1. The molecule has 0 aliphatic carbocycles. The smallest absolute Gasteiger partial charge is 0.336 e. The molecule has 0 amide bonds. The molecule has 2 rings (SSSR count). The molecule has 2 unspecified atom stereocenters. The molecule has 2 N–H and O–H groups in total. The molecule has 1 aromatic rings. The van der Waals surface area contributed by atoms with Crippen molar-refractivity contribution >= 4 is 11.7 Å². The van der Waals surface area contributed by atoms with Crippen molar-refractivity contribution in [2.45, 2.75) is 39.7 Å². The number of hydrogen-bond donors (Lipinski definition) is 2. The number of nitrogens with one attached hydrogen (secondary N) is 1. The van der Waals surface area contributed by atoms with E-state index in [1.807, 2.05) is 19.9 Å². The van der Waals surface area contributed by atoms with E-state index in [9.17, 15) is 9.90 Å². The minimum atomic E-state index is -0.897. The highest BCUT2D eigenvalue weighted by molar-refractivity contribution is 5.91. The number of nitrogens with zero attached hydrogens (tertiary/aromatic N) is 2. The minimum Gasteiger partial charge on any atom is -0.478 e. The molecular formula is C19H25N3O2. The molecule has 1 aliphatic rings. The third-order valence-corrected chi connectivity index (χ3v) is 4.78. The Hall–Kier alpha value is -2.48. The van der Waals surface area contributed by atoms with E-state index in [1.165, 1.54) is 0 Å². The normalized spacial score (nSPS) is 20.3. The maximum Gasteiger partial charge on any atom is 0.336 e. The Bertz CT molecular complexity index is 691. The van der Waals surface area contributed by atoms with Crippen molar-refractivity contribution in [3.05, 3.63) is 41.1 Å². The van der Waals surface area contributed by atoms with E-state index in [2.05, 4.69) is 29.8 Å². The number of carboxylic acids is 1. The molecule has 1 heterocycles. The van der Waals surface area contributed by atoms with Gasteiger partial charge in [-0.05, 0) is 43.4 Å². The molecule has 0 spiro atoms. The van der Waals surface area contributed by atoms with Crippen molar-refractivity contribution < 1.29 is 9.90 Å². The number of aromatic carboxylic acids is 1. The molecular weight excluding hydrogens is 302 g/mol. The number of carbonyl (C=O) groups is 1. The molecule has 5 nitrogen and oxygen atoms in total. The molecule has 24 heavy (non-hydrogen) atoms. The van der Waals surface area contributed by atoms with Crippen LogP contribution in [-0.4, -0.2) is 35.1 Å². The molecule has 0 radical (unpaired) electrons. The third kappa shape index (κ3) is 3.88. The molecule has 1 aliphatic heterocycles. The highest BCUT2D eigenvalue weighted by Crippen LogP contribution is 2.27. The third-order valence-electron chi connectivity index (χ3n) is 4.78. The first kappa shape index (κ1) is 17.9. The molecule has 0 bridgehead atoms. The zero-order valence-electron chi connectivity index (χ0n) is 14.6. The van der Waals surface area contributed by atoms with Gasteiger partial charge in [-0.15, -0.1) is 0 Å². The van der Waals surface area contributed by atoms with Gasteiger partial charge in [0.2, 0.25) is 0 Å². The van der Waals surface area contributed by atoms with E-state index in [4.69, 9.17) is 5.26 Å². The molecule has 0 saturated carbocycles. The number of likely N-dealkylation sites (tertiary alicyclic amines) is 1. The summed E-state index contributed by atoms with van der Waals surface area (Å²) in [6, 6.07) is 6.08. The van der Waals surface area contributed by atoms with E-state index in [1.54, 1.807) is 6.07 Å². The standard InChI is InChI=1S/C19H25N3O2/c1-12-9-13(2)18(10-16(12)19(23)24)21-17-6-8-22(11-14(17)3)15(4)5-7-20/h9-10,14,17,21H,4-6,8,11H2,1-3H3,(H,23,24). The van der Waals surface area contributed by atoms with Gasteiger partial charge in [-0.1, -0.05) is 19.6 Å². The number of nitriles is 1. The van der Waals surface area contributed by atoms with Crippen LogP contribution in [0.5, 0.6) is 0 Å². The van der Waals surface area contributed by atoms with Crippen molar-refractivity contribution in [1.82, 2.24) is 4.90 Å². The number of piperidine rings is 1. The summed E-state index contributed by atoms with van der Waals surface area (Å²) < 4.78 is 0. The van der Waals surface area contributed by atoms with Crippen LogP contribution in [-0.2, 0) is 0 Å². The second kappa shape index (κ2) is 7.39. The summed E-state index contributed by atoms with van der Waals surface area (Å²) in [4.78, 5) is 13.5. The van der Waals surface area contributed by atoms with Crippen LogP contribution in [0, 0.1) is 31.1 Å². The number of rotatable bonds is 5. The van der Waals surface area contributed by atoms with Crippen LogP contribution in [0.4, 0.5) is 5.69 Å². The van der Waals surface area contributed by atoms with E-state index in [0.29, 0.717) is 17.9 Å². The highest BCUT2D eigenvalue weighted by atomic mass is 16.4. The van der Waals surface area contributed by atoms with Crippen molar-refractivity contribution in [2.75, 3.05) is 18.4 Å². The second-order valence-electron chi connectivity index (χ2n) is 6.65. The minimum absolute atomic E-state index is 0.277. The Labute approximate surface area is 143 Å². The van der Waals surface area contributed by atoms with E-state index in [0.717, 1.165) is 42.0 Å². The summed E-state index contributed by atoms with van der Waals surface area (Å²) in [5.74, 6) is -0.519. The quantitative estimate of drug-likeness (QED) is 0.865. The Morgan fingerprint density at radius 3 is 2.75 bits per heavy atom. The maximum absolute atomic E-state index is 11.4. The lowest BCUT2D eigenvalue weighted by Gasteiger charge is -2.39. The van der Waals surface area contributed by atoms with E-state index in [-0.39, 0.29) is 6.04 Å². The number of hydrogen-bond acceptors (Lipinski definition) is 4. The van der Waals surface area contributed by atoms with Gasteiger partial charge in [0.25, 0.3) is 0 Å². The van der Waals surface area contributed by atoms with E-state index < -0.39 is 5.97 Å². The van der Waals surface area contributed by atoms with E-state index >= 15 is 0 Å². The van der Waals surface area contributed by atoms with Gasteiger partial charge in [-0.2, -0.15) is 5.26 Å². The zero-order chi connectivity index (χ0) is 17.9. The molecule has 1 aromatic carbocycles. The van der Waals surface area contributed by atoms with Gasteiger partial charge < -0.3 is 15.3 Å². The first-order valence-corrected chi connectivity index (χ1v) is 8.24. The molecule has 128 valence electrons. The van der Waals surface area contributed by atoms with Crippen molar-refractivity contribution in [2.24, 2.45) is 5.92 Å². The number of benzene rings is 1. The summed E-state index contributed by atoms with van der Waals surface area (Å²) in [7, 11) is 0. The average molecular weight is 327 g/mol. The predicted molar refractivity (Wildman–Crippen MR) is 95.0 cm³/mol.